The summed E-state index contributed by atoms with van der Waals surface area (Å²) in [6, 6.07) is 12.6. The third-order valence-electron chi connectivity index (χ3n) is 5.37. The van der Waals surface area contributed by atoms with Crippen molar-refractivity contribution in [3.05, 3.63) is 65.1 Å². The number of aromatic nitrogens is 2. The Morgan fingerprint density at radius 1 is 1.28 bits per heavy atom. The van der Waals surface area contributed by atoms with Crippen LogP contribution in [0.1, 0.15) is 35.4 Å². The first kappa shape index (κ1) is 15.9. The van der Waals surface area contributed by atoms with Gasteiger partial charge < -0.3 is 9.67 Å². The van der Waals surface area contributed by atoms with E-state index in [1.807, 2.05) is 12.3 Å². The van der Waals surface area contributed by atoms with Crippen molar-refractivity contribution in [3.8, 4) is 0 Å². The average Bonchev–Trinajstić information content (AvgIpc) is 2.90. The minimum Gasteiger partial charge on any atom is -0.481 e. The van der Waals surface area contributed by atoms with E-state index < -0.39 is 5.97 Å². The van der Waals surface area contributed by atoms with Gasteiger partial charge in [0, 0.05) is 47.9 Å². The molecule has 1 atom stereocenters. The molecule has 4 rings (SSSR count). The minimum absolute atomic E-state index is 0.216. The van der Waals surface area contributed by atoms with Crippen LogP contribution in [-0.4, -0.2) is 20.6 Å². The van der Waals surface area contributed by atoms with E-state index in [9.17, 15) is 4.79 Å². The van der Waals surface area contributed by atoms with Crippen molar-refractivity contribution < 1.29 is 9.90 Å². The van der Waals surface area contributed by atoms with Gasteiger partial charge in [0.25, 0.3) is 0 Å². The smallest absolute Gasteiger partial charge is 0.303 e. The highest BCUT2D eigenvalue weighted by Gasteiger charge is 2.26. The fourth-order valence-electron chi connectivity index (χ4n) is 4.12. The highest BCUT2D eigenvalue weighted by atomic mass is 16.4. The molecule has 0 saturated carbocycles. The summed E-state index contributed by atoms with van der Waals surface area (Å²) in [5, 5.41) is 10.4. The summed E-state index contributed by atoms with van der Waals surface area (Å²) in [7, 11) is 0. The Balaban J connectivity index is 1.78. The summed E-state index contributed by atoms with van der Waals surface area (Å²) >= 11 is 0. The van der Waals surface area contributed by atoms with Crippen LogP contribution in [0.2, 0.25) is 0 Å². The van der Waals surface area contributed by atoms with Gasteiger partial charge in [-0.2, -0.15) is 0 Å². The largest absolute Gasteiger partial charge is 0.481 e. The zero-order chi connectivity index (χ0) is 17.4. The molecule has 25 heavy (non-hydrogen) atoms. The Hall–Kier alpha value is -2.62. The lowest BCUT2D eigenvalue weighted by Gasteiger charge is -2.25. The van der Waals surface area contributed by atoms with Crippen LogP contribution in [0.15, 0.2) is 42.6 Å². The maximum Gasteiger partial charge on any atom is 0.303 e. The maximum absolute atomic E-state index is 11.1. The number of nitrogens with zero attached hydrogens (tertiary/aromatic N) is 2. The Kier molecular flexibility index (Phi) is 4.04. The first-order chi connectivity index (χ1) is 12.1. The molecule has 1 aromatic carbocycles. The van der Waals surface area contributed by atoms with Gasteiger partial charge in [0.15, 0.2) is 0 Å². The number of fused-ring (bicyclic) bond motifs is 3. The molecule has 4 nitrogen and oxygen atoms in total. The molecule has 0 aliphatic carbocycles. The van der Waals surface area contributed by atoms with Crippen LogP contribution in [0.25, 0.3) is 10.9 Å². The van der Waals surface area contributed by atoms with Crippen molar-refractivity contribution in [1.82, 2.24) is 9.55 Å². The first-order valence-electron chi connectivity index (χ1n) is 8.84. The summed E-state index contributed by atoms with van der Waals surface area (Å²) < 4.78 is 2.35. The van der Waals surface area contributed by atoms with E-state index >= 15 is 0 Å². The van der Waals surface area contributed by atoms with Crippen molar-refractivity contribution in [3.63, 3.8) is 0 Å². The molecular formula is C21H22N2O2. The standard InChI is InChI=1S/C21H22N2O2/c1-14-16(5-4-10-22-14)12-18-17-6-2-3-7-19(17)23-13-15(11-21(24)25)8-9-20(18)23/h2-7,10,15H,8-9,11-13H2,1H3,(H,24,25). The number of carbonyl (C=O) groups is 1. The number of carboxylic acid groups (broad SMARTS) is 1. The van der Waals surface area contributed by atoms with Gasteiger partial charge in [-0.05, 0) is 48.9 Å². The molecule has 0 fully saturated rings. The maximum atomic E-state index is 11.1. The first-order valence-corrected chi connectivity index (χ1v) is 8.84. The summed E-state index contributed by atoms with van der Waals surface area (Å²) in [6.07, 6.45) is 4.86. The fraction of sp³-hybridized carbons (Fsp3) is 0.333. The van der Waals surface area contributed by atoms with E-state index in [2.05, 4.69) is 46.8 Å². The minimum atomic E-state index is -0.698. The number of rotatable bonds is 4. The number of para-hydroxylation sites is 1. The van der Waals surface area contributed by atoms with Gasteiger partial charge in [-0.25, -0.2) is 0 Å². The number of aliphatic carboxylic acids is 1. The van der Waals surface area contributed by atoms with Crippen LogP contribution >= 0.6 is 0 Å². The molecule has 0 amide bonds. The van der Waals surface area contributed by atoms with Gasteiger partial charge in [-0.3, -0.25) is 9.78 Å². The third-order valence-corrected chi connectivity index (χ3v) is 5.37. The Bertz CT molecular complexity index is 942. The monoisotopic (exact) mass is 334 g/mol. The van der Waals surface area contributed by atoms with E-state index in [0.717, 1.165) is 31.5 Å². The predicted octanol–water partition coefficient (Wildman–Crippen LogP) is 3.97. The normalized spacial score (nSPS) is 16.8. The molecule has 128 valence electrons. The molecule has 3 aromatic rings. The second-order valence-electron chi connectivity index (χ2n) is 6.98. The van der Waals surface area contributed by atoms with Crippen molar-refractivity contribution in [1.29, 1.82) is 0 Å². The topological polar surface area (TPSA) is 55.1 Å². The van der Waals surface area contributed by atoms with Crippen LogP contribution < -0.4 is 0 Å². The summed E-state index contributed by atoms with van der Waals surface area (Å²) in [5.41, 5.74) is 6.30. The van der Waals surface area contributed by atoms with Gasteiger partial charge in [-0.1, -0.05) is 24.3 Å². The zero-order valence-electron chi connectivity index (χ0n) is 14.4. The molecule has 0 saturated heterocycles. The van der Waals surface area contributed by atoms with E-state index in [-0.39, 0.29) is 12.3 Å². The Labute approximate surface area is 147 Å². The van der Waals surface area contributed by atoms with Crippen molar-refractivity contribution in [2.24, 2.45) is 5.92 Å². The SMILES string of the molecule is Cc1ncccc1Cc1c2n(c3ccccc13)CC(CC(=O)O)CC2. The molecule has 1 aliphatic rings. The van der Waals surface area contributed by atoms with Gasteiger partial charge >= 0.3 is 5.97 Å². The predicted molar refractivity (Wildman–Crippen MR) is 97.8 cm³/mol. The van der Waals surface area contributed by atoms with Crippen LogP contribution in [0.5, 0.6) is 0 Å². The lowest BCUT2D eigenvalue weighted by atomic mass is 9.92. The number of hydrogen-bond donors (Lipinski definition) is 1. The van der Waals surface area contributed by atoms with Gasteiger partial charge in [0.05, 0.1) is 0 Å². The molecule has 0 bridgehead atoms. The molecule has 0 spiro atoms. The number of hydrogen-bond acceptors (Lipinski definition) is 2. The van der Waals surface area contributed by atoms with Gasteiger partial charge in [0.1, 0.15) is 0 Å². The Morgan fingerprint density at radius 3 is 2.92 bits per heavy atom. The highest BCUT2D eigenvalue weighted by Crippen LogP contribution is 2.35. The van der Waals surface area contributed by atoms with E-state index in [4.69, 9.17) is 5.11 Å². The number of aryl methyl sites for hydroxylation is 1. The van der Waals surface area contributed by atoms with Crippen LogP contribution in [0.4, 0.5) is 0 Å². The lowest BCUT2D eigenvalue weighted by molar-refractivity contribution is -0.138. The molecule has 4 heteroatoms. The fourth-order valence-corrected chi connectivity index (χ4v) is 4.12. The molecule has 3 heterocycles. The number of pyridine rings is 1. The number of carboxylic acids is 1. The van der Waals surface area contributed by atoms with E-state index in [1.165, 1.54) is 27.7 Å². The number of benzene rings is 1. The van der Waals surface area contributed by atoms with Gasteiger partial charge in [-0.15, -0.1) is 0 Å². The molecule has 2 aromatic heterocycles. The van der Waals surface area contributed by atoms with Crippen LogP contribution in [0, 0.1) is 12.8 Å². The van der Waals surface area contributed by atoms with E-state index in [0.29, 0.717) is 0 Å². The second kappa shape index (κ2) is 6.36. The average molecular weight is 334 g/mol. The summed E-state index contributed by atoms with van der Waals surface area (Å²) in [6.45, 7) is 2.86. The lowest BCUT2D eigenvalue weighted by Crippen LogP contribution is -2.22. The zero-order valence-corrected chi connectivity index (χ0v) is 14.4. The van der Waals surface area contributed by atoms with Gasteiger partial charge in [0.2, 0.25) is 0 Å². The summed E-state index contributed by atoms with van der Waals surface area (Å²) in [4.78, 5) is 15.5. The molecule has 1 unspecified atom stereocenters. The highest BCUT2D eigenvalue weighted by molar-refractivity contribution is 5.86. The van der Waals surface area contributed by atoms with Crippen LogP contribution in [-0.2, 0) is 24.2 Å². The molecular weight excluding hydrogens is 312 g/mol. The van der Waals surface area contributed by atoms with E-state index in [1.54, 1.807) is 0 Å². The molecule has 0 radical (unpaired) electrons. The van der Waals surface area contributed by atoms with Crippen LogP contribution in [0.3, 0.4) is 0 Å². The third kappa shape index (κ3) is 2.93. The van der Waals surface area contributed by atoms with Crippen molar-refractivity contribution in [2.75, 3.05) is 0 Å². The molecule has 1 aliphatic heterocycles. The molecule has 1 N–H and O–H groups in total. The van der Waals surface area contributed by atoms with Crippen molar-refractivity contribution >= 4 is 16.9 Å². The second-order valence-corrected chi connectivity index (χ2v) is 6.98. The van der Waals surface area contributed by atoms with Crippen molar-refractivity contribution in [2.45, 2.75) is 39.2 Å². The Morgan fingerprint density at radius 2 is 2.12 bits per heavy atom. The summed E-state index contributed by atoms with van der Waals surface area (Å²) in [5.74, 6) is -0.482. The quantitative estimate of drug-likeness (QED) is 0.785.